The molecule has 0 fully saturated rings. The van der Waals surface area contributed by atoms with Crippen molar-refractivity contribution in [2.45, 2.75) is 5.72 Å². The van der Waals surface area contributed by atoms with Gasteiger partial charge in [0, 0.05) is 37.6 Å². The number of benzene rings is 1. The first-order valence-corrected chi connectivity index (χ1v) is 7.21. The second-order valence-electron chi connectivity index (χ2n) is 5.15. The molecule has 9 heteroatoms. The molecule has 1 aromatic carbocycles. The van der Waals surface area contributed by atoms with Crippen LogP contribution in [0.15, 0.2) is 42.9 Å². The minimum atomic E-state index is -2.80. The monoisotopic (exact) mass is 343 g/mol. The first-order valence-electron chi connectivity index (χ1n) is 7.21. The molecule has 2 aromatic rings. The lowest BCUT2D eigenvalue weighted by Crippen LogP contribution is -2.65. The van der Waals surface area contributed by atoms with Crippen LogP contribution in [0.1, 0.15) is 10.4 Å². The average molecular weight is 343 g/mol. The van der Waals surface area contributed by atoms with Gasteiger partial charge in [0.1, 0.15) is 0 Å². The minimum absolute atomic E-state index is 0.152. The van der Waals surface area contributed by atoms with Crippen molar-refractivity contribution in [1.29, 1.82) is 0 Å². The van der Waals surface area contributed by atoms with Gasteiger partial charge in [-0.3, -0.25) is 29.3 Å². The third kappa shape index (κ3) is 3.31. The van der Waals surface area contributed by atoms with Crippen LogP contribution in [0.5, 0.6) is 0 Å². The maximum absolute atomic E-state index is 12.5. The lowest BCUT2D eigenvalue weighted by atomic mass is 10.1. The average Bonchev–Trinajstić information content (AvgIpc) is 2.66. The van der Waals surface area contributed by atoms with Gasteiger partial charge in [0.25, 0.3) is 17.7 Å². The van der Waals surface area contributed by atoms with Crippen molar-refractivity contribution >= 4 is 17.7 Å². The summed E-state index contributed by atoms with van der Waals surface area (Å²) in [5.41, 5.74) is 3.81. The van der Waals surface area contributed by atoms with E-state index in [2.05, 4.69) is 15.3 Å². The van der Waals surface area contributed by atoms with Crippen LogP contribution in [0, 0.1) is 0 Å². The molecule has 3 amide bonds. The lowest BCUT2D eigenvalue weighted by Gasteiger charge is -2.32. The van der Waals surface area contributed by atoms with Crippen LogP contribution in [-0.4, -0.2) is 57.5 Å². The second kappa shape index (κ2) is 7.05. The number of amides is 3. The number of carbonyl (C=O) groups excluding carboxylic acids is 3. The van der Waals surface area contributed by atoms with E-state index in [9.17, 15) is 19.5 Å². The summed E-state index contributed by atoms with van der Waals surface area (Å²) in [6.45, 7) is 0. The van der Waals surface area contributed by atoms with Crippen LogP contribution in [0.3, 0.4) is 0 Å². The van der Waals surface area contributed by atoms with Crippen molar-refractivity contribution in [3.05, 3.63) is 48.4 Å². The molecule has 0 saturated carbocycles. The number of hydrogen-bond donors (Lipinski definition) is 3. The van der Waals surface area contributed by atoms with E-state index in [1.807, 2.05) is 0 Å². The molecule has 130 valence electrons. The summed E-state index contributed by atoms with van der Waals surface area (Å²) in [6, 6.07) is 6.23. The minimum Gasteiger partial charge on any atom is -0.365 e. The van der Waals surface area contributed by atoms with Gasteiger partial charge in [0.2, 0.25) is 0 Å². The molecule has 0 radical (unpaired) electrons. The van der Waals surface area contributed by atoms with E-state index in [0.29, 0.717) is 10.6 Å². The summed E-state index contributed by atoms with van der Waals surface area (Å²) in [5, 5.41) is 12.4. The highest BCUT2D eigenvalue weighted by Crippen LogP contribution is 2.19. The van der Waals surface area contributed by atoms with Gasteiger partial charge in [-0.05, 0) is 12.1 Å². The van der Waals surface area contributed by atoms with Gasteiger partial charge in [-0.15, -0.1) is 0 Å². The Kier molecular flexibility index (Phi) is 5.08. The van der Waals surface area contributed by atoms with Crippen LogP contribution < -0.4 is 11.1 Å². The highest BCUT2D eigenvalue weighted by Gasteiger charge is 2.48. The van der Waals surface area contributed by atoms with Gasteiger partial charge in [0.05, 0.1) is 11.9 Å². The van der Waals surface area contributed by atoms with Crippen molar-refractivity contribution in [2.75, 3.05) is 14.1 Å². The third-order valence-electron chi connectivity index (χ3n) is 3.67. The Labute approximate surface area is 143 Å². The molecule has 0 spiro atoms. The summed E-state index contributed by atoms with van der Waals surface area (Å²) in [7, 11) is 2.32. The Morgan fingerprint density at radius 2 is 1.84 bits per heavy atom. The predicted molar refractivity (Wildman–Crippen MR) is 87.8 cm³/mol. The second-order valence-corrected chi connectivity index (χ2v) is 5.15. The summed E-state index contributed by atoms with van der Waals surface area (Å²) in [4.78, 5) is 44.6. The molecular weight excluding hydrogens is 326 g/mol. The Bertz CT molecular complexity index is 794. The topological polar surface area (TPSA) is 139 Å². The summed E-state index contributed by atoms with van der Waals surface area (Å²) >= 11 is 0. The molecule has 1 atom stereocenters. The molecule has 9 nitrogen and oxygen atoms in total. The number of carbonyl (C=O) groups is 3. The largest absolute Gasteiger partial charge is 0.365 e. The van der Waals surface area contributed by atoms with Crippen LogP contribution in [-0.2, 0) is 9.59 Å². The van der Waals surface area contributed by atoms with Gasteiger partial charge in [-0.25, -0.2) is 0 Å². The fourth-order valence-electron chi connectivity index (χ4n) is 2.18. The van der Waals surface area contributed by atoms with E-state index in [-0.39, 0.29) is 5.56 Å². The van der Waals surface area contributed by atoms with E-state index >= 15 is 0 Å². The molecule has 0 aliphatic carbocycles. The van der Waals surface area contributed by atoms with Crippen molar-refractivity contribution < 1.29 is 19.5 Å². The Hall–Kier alpha value is -3.33. The molecule has 0 saturated heterocycles. The molecule has 4 N–H and O–H groups in total. The Morgan fingerprint density at radius 1 is 1.20 bits per heavy atom. The fraction of sp³-hybridized carbons (Fsp3) is 0.188. The number of hydrogen-bond acceptors (Lipinski definition) is 6. The Morgan fingerprint density at radius 3 is 2.32 bits per heavy atom. The van der Waals surface area contributed by atoms with Crippen molar-refractivity contribution in [3.63, 3.8) is 0 Å². The number of likely N-dealkylation sites (N-methyl/N-ethyl adjacent to an activating group) is 2. The number of nitrogens with one attached hydrogen (secondary N) is 1. The molecule has 0 aliphatic heterocycles. The zero-order chi connectivity index (χ0) is 18.6. The van der Waals surface area contributed by atoms with Gasteiger partial charge in [-0.1, -0.05) is 12.1 Å². The van der Waals surface area contributed by atoms with Crippen LogP contribution >= 0.6 is 0 Å². The quantitative estimate of drug-likeness (QED) is 0.477. The number of nitrogens with two attached hydrogens (primary N) is 1. The number of rotatable bonds is 5. The zero-order valence-corrected chi connectivity index (χ0v) is 13.6. The van der Waals surface area contributed by atoms with E-state index in [0.717, 1.165) is 12.6 Å². The van der Waals surface area contributed by atoms with Crippen molar-refractivity contribution in [2.24, 2.45) is 5.73 Å². The van der Waals surface area contributed by atoms with E-state index in [1.165, 1.54) is 19.2 Å². The van der Waals surface area contributed by atoms with Crippen LogP contribution in [0.25, 0.3) is 11.3 Å². The highest BCUT2D eigenvalue weighted by atomic mass is 16.3. The van der Waals surface area contributed by atoms with E-state index < -0.39 is 23.4 Å². The molecule has 1 aromatic heterocycles. The number of nitrogens with zero attached hydrogens (tertiary/aromatic N) is 3. The van der Waals surface area contributed by atoms with Crippen LogP contribution in [0.2, 0.25) is 0 Å². The number of aliphatic hydroxyl groups is 1. The van der Waals surface area contributed by atoms with Gasteiger partial charge < -0.3 is 16.2 Å². The lowest BCUT2D eigenvalue weighted by molar-refractivity contribution is -0.166. The smallest absolute Gasteiger partial charge is 0.302 e. The first kappa shape index (κ1) is 18.0. The van der Waals surface area contributed by atoms with Crippen molar-refractivity contribution in [3.8, 4) is 11.3 Å². The summed E-state index contributed by atoms with van der Waals surface area (Å²) < 4.78 is 0. The third-order valence-corrected chi connectivity index (χ3v) is 3.67. The molecular formula is C16H17N5O4. The SMILES string of the molecule is CNC(=O)C(O)(C(N)=O)N(C)C(=O)c1ccc(-c2cnccn2)cc1. The standard InChI is InChI=1S/C16H17N5O4/c1-18-15(24)16(25,14(17)23)21(2)13(22)11-5-3-10(4-6-11)12-9-19-7-8-20-12/h3-9,25H,1-2H3,(H2,17,23)(H,18,24). The highest BCUT2D eigenvalue weighted by molar-refractivity contribution is 6.11. The predicted octanol–water partition coefficient (Wildman–Crippen LogP) is -0.864. The van der Waals surface area contributed by atoms with E-state index in [1.54, 1.807) is 30.7 Å². The maximum Gasteiger partial charge on any atom is 0.302 e. The summed E-state index contributed by atoms with van der Waals surface area (Å²) in [5.74, 6) is -3.22. The number of primary amides is 1. The Balaban J connectivity index is 2.30. The molecule has 0 aliphatic rings. The van der Waals surface area contributed by atoms with Crippen molar-refractivity contribution in [1.82, 2.24) is 20.2 Å². The molecule has 1 unspecified atom stereocenters. The van der Waals surface area contributed by atoms with Gasteiger partial charge >= 0.3 is 5.72 Å². The van der Waals surface area contributed by atoms with Gasteiger partial charge in [-0.2, -0.15) is 0 Å². The summed E-state index contributed by atoms with van der Waals surface area (Å²) in [6.07, 6.45) is 4.65. The molecule has 1 heterocycles. The zero-order valence-electron chi connectivity index (χ0n) is 13.6. The first-order chi connectivity index (χ1) is 11.8. The van der Waals surface area contributed by atoms with Crippen LogP contribution in [0.4, 0.5) is 0 Å². The maximum atomic E-state index is 12.5. The van der Waals surface area contributed by atoms with E-state index in [4.69, 9.17) is 5.73 Å². The number of aromatic nitrogens is 2. The molecule has 2 rings (SSSR count). The fourth-order valence-corrected chi connectivity index (χ4v) is 2.18. The molecule has 25 heavy (non-hydrogen) atoms. The van der Waals surface area contributed by atoms with Gasteiger partial charge in [0.15, 0.2) is 0 Å². The molecule has 0 bridgehead atoms. The normalized spacial score (nSPS) is 12.8.